The van der Waals surface area contributed by atoms with Crippen LogP contribution in [0.25, 0.3) is 0 Å². The van der Waals surface area contributed by atoms with Gasteiger partial charge >= 0.3 is 24.1 Å². The number of Topliss-reactive ketones (excluding diaryl/α,β-unsaturated/α-hetero) is 4. The van der Waals surface area contributed by atoms with Crippen LogP contribution in [0, 0.1) is 17.2 Å². The van der Waals surface area contributed by atoms with Crippen LogP contribution in [0.1, 0.15) is 159 Å². The Morgan fingerprint density at radius 1 is 0.434 bits per heavy atom. The van der Waals surface area contributed by atoms with Crippen molar-refractivity contribution in [1.82, 2.24) is 39.9 Å². The number of halogens is 2. The van der Waals surface area contributed by atoms with Crippen LogP contribution in [0.2, 0.25) is 0 Å². The van der Waals surface area contributed by atoms with E-state index in [1.165, 1.54) is 25.0 Å². The number of urea groups is 4. The average molecular weight is 1540 g/mol. The van der Waals surface area contributed by atoms with Crippen LogP contribution in [0.5, 0.6) is 0 Å². The minimum atomic E-state index is -0.537. The number of aliphatic hydroxyl groups excluding tert-OH is 1. The lowest BCUT2D eigenvalue weighted by molar-refractivity contribution is 0.0926. The Hall–Kier alpha value is -12.0. The number of unbranched alkanes of at least 4 members (excludes halogenated alkanes) is 1. The van der Waals surface area contributed by atoms with Crippen LogP contribution in [0.15, 0.2) is 140 Å². The second-order valence-electron chi connectivity index (χ2n) is 30.3. The Balaban J connectivity index is 0.000000125. The van der Waals surface area contributed by atoms with Gasteiger partial charge in [-0.05, 0) is 160 Å². The van der Waals surface area contributed by atoms with Gasteiger partial charge in [-0.2, -0.15) is 0 Å². The molecule has 8 aromatic rings. The normalized spacial score (nSPS) is 18.2. The lowest BCUT2D eigenvalue weighted by Gasteiger charge is -2.35. The molecular weight excluding hydrogens is 1450 g/mol. The number of hydrogen-bond donors (Lipinski definition) is 5. The fraction of sp³-hybridized carbons (Fsp3) is 0.415. The molecule has 8 amide bonds. The minimum Gasteiger partial charge on any atom is -0.396 e. The van der Waals surface area contributed by atoms with Crippen molar-refractivity contribution in [3.05, 3.63) is 169 Å². The van der Waals surface area contributed by atoms with Crippen molar-refractivity contribution < 1.29 is 52.2 Å². The van der Waals surface area contributed by atoms with E-state index in [0.29, 0.717) is 89.4 Å². The summed E-state index contributed by atoms with van der Waals surface area (Å²) >= 11 is 0. The molecule has 588 valence electrons. The van der Waals surface area contributed by atoms with Gasteiger partial charge in [0.05, 0.1) is 59.8 Å². The molecule has 8 aliphatic heterocycles. The summed E-state index contributed by atoms with van der Waals surface area (Å²) in [7, 11) is 0. The molecule has 0 radical (unpaired) electrons. The Morgan fingerprint density at radius 2 is 0.779 bits per heavy atom. The molecule has 8 bridgehead atoms. The summed E-state index contributed by atoms with van der Waals surface area (Å²) < 4.78 is 25.5. The number of rotatable bonds is 21. The van der Waals surface area contributed by atoms with E-state index in [4.69, 9.17) is 0 Å². The zero-order valence-electron chi connectivity index (χ0n) is 63.5. The number of fused-ring (bicyclic) bond motifs is 16. The summed E-state index contributed by atoms with van der Waals surface area (Å²) in [6, 6.07) is 31.9. The number of aliphatic hydroxyl groups is 1. The van der Waals surface area contributed by atoms with Crippen molar-refractivity contribution >= 4 is 117 Å². The number of alkyl halides is 1. The van der Waals surface area contributed by atoms with Gasteiger partial charge in [0, 0.05) is 103 Å². The number of carbonyl (C=O) groups is 8. The topological polar surface area (TPSA) is 334 Å². The van der Waals surface area contributed by atoms with Crippen LogP contribution in [-0.4, -0.2) is 182 Å². The smallest absolute Gasteiger partial charge is 0.329 e. The van der Waals surface area contributed by atoms with Crippen LogP contribution >= 0.6 is 0 Å². The number of aromatic nitrogens is 8. The molecule has 8 aromatic heterocycles. The fourth-order valence-corrected chi connectivity index (χ4v) is 15.3. The fourth-order valence-electron chi connectivity index (χ4n) is 15.3. The highest BCUT2D eigenvalue weighted by Gasteiger charge is 2.45. The third-order valence-corrected chi connectivity index (χ3v) is 21.7. The predicted octanol–water partition coefficient (Wildman–Crippen LogP) is 13.2. The molecule has 1 saturated carbocycles. The largest absolute Gasteiger partial charge is 0.396 e. The molecule has 113 heavy (non-hydrogen) atoms. The van der Waals surface area contributed by atoms with Gasteiger partial charge in [-0.3, -0.25) is 64.4 Å². The number of carbonyl (C=O) groups excluding carboxylic acids is 8. The van der Waals surface area contributed by atoms with Crippen molar-refractivity contribution in [2.75, 3.05) is 126 Å². The molecule has 4 saturated heterocycles. The third-order valence-electron chi connectivity index (χ3n) is 21.7. The lowest BCUT2D eigenvalue weighted by Crippen LogP contribution is -2.48. The molecule has 0 spiro atoms. The summed E-state index contributed by atoms with van der Waals surface area (Å²) in [6.07, 6.45) is 16.6. The maximum absolute atomic E-state index is 13.1. The van der Waals surface area contributed by atoms with Crippen LogP contribution in [-0.2, 0) is 0 Å². The van der Waals surface area contributed by atoms with Crippen molar-refractivity contribution in [3.8, 4) is 0 Å². The van der Waals surface area contributed by atoms with E-state index in [1.54, 1.807) is 105 Å². The molecule has 5 N–H and O–H groups in total. The highest BCUT2D eigenvalue weighted by Crippen LogP contribution is 2.44. The number of anilines is 12. The first-order valence-electron chi connectivity index (χ1n) is 38.9. The molecule has 0 unspecified atom stereocenters. The Bertz CT molecular complexity index is 4680. The van der Waals surface area contributed by atoms with Crippen molar-refractivity contribution in [1.29, 1.82) is 0 Å². The molecule has 29 nitrogen and oxygen atoms in total. The van der Waals surface area contributed by atoms with Crippen LogP contribution < -0.4 is 60.5 Å². The minimum absolute atomic E-state index is 0.00684. The monoisotopic (exact) mass is 1540 g/mol. The summed E-state index contributed by atoms with van der Waals surface area (Å²) in [5.74, 6) is 3.74. The lowest BCUT2D eigenvalue weighted by atomic mass is 9.87. The number of amides is 8. The van der Waals surface area contributed by atoms with Crippen molar-refractivity contribution in [2.24, 2.45) is 11.3 Å². The molecule has 0 aromatic carbocycles. The Morgan fingerprint density at radius 3 is 1.09 bits per heavy atom. The molecule has 31 heteroatoms. The summed E-state index contributed by atoms with van der Waals surface area (Å²) in [6.45, 7) is 11.8. The highest BCUT2D eigenvalue weighted by molar-refractivity contribution is 6.09. The maximum Gasteiger partial charge on any atom is 0.329 e. The van der Waals surface area contributed by atoms with Gasteiger partial charge in [-0.1, -0.05) is 58.2 Å². The first-order chi connectivity index (χ1) is 54.8. The molecule has 5 fully saturated rings. The second-order valence-corrected chi connectivity index (χ2v) is 30.3. The Kier molecular flexibility index (Phi) is 23.9. The number of pyridine rings is 8. The molecule has 4 atom stereocenters. The Labute approximate surface area is 653 Å². The average Bonchev–Trinajstić information content (AvgIpc) is 1.69. The molecular formula is C82H92F2N20O9. The van der Waals surface area contributed by atoms with Gasteiger partial charge in [-0.15, -0.1) is 0 Å². The van der Waals surface area contributed by atoms with E-state index in [9.17, 15) is 52.2 Å². The summed E-state index contributed by atoms with van der Waals surface area (Å²) in [4.78, 5) is 152. The van der Waals surface area contributed by atoms with E-state index < -0.39 is 12.5 Å². The quantitative estimate of drug-likeness (QED) is 0.0417. The SMILES string of the molecule is CC(C)(CO)CCC(=O)c1ccc2c(n1)N(C(=O)Nc1ccccn1)[C@H]1CCN2C1.CCCCC(=O)c1ccc2c(n1)N(C(=O)Nc1ccccn1)[C@H]1CCN2C1.O=C(CCC1CC1)c1ccc2c(n1)N(C(=O)Nc1ccc(F)cn1)[C@H]1CCN2C1.O=C(CCCF)c1ccc2c(n1)N(C(=O)Nc1ccccn1)[C@H]1CCN2C1. The second kappa shape index (κ2) is 34.7. The van der Waals surface area contributed by atoms with E-state index in [0.717, 1.165) is 126 Å². The van der Waals surface area contributed by atoms with Gasteiger partial charge in [0.15, 0.2) is 46.4 Å². The molecule has 9 aliphatic rings. The number of nitrogens with zero attached hydrogens (tertiary/aromatic N) is 16. The van der Waals surface area contributed by atoms with Crippen molar-refractivity contribution in [3.63, 3.8) is 0 Å². The van der Waals surface area contributed by atoms with Gasteiger partial charge in [-0.25, -0.2) is 63.4 Å². The summed E-state index contributed by atoms with van der Waals surface area (Å²) in [5, 5.41) is 20.6. The summed E-state index contributed by atoms with van der Waals surface area (Å²) in [5.41, 5.74) is 4.61. The standard InChI is InChI=1S/C22H27N5O3.C21H22FN5O2.C20H23N5O2.C19H20FN5O2/c1-22(2,14-28)10-8-18(29)16-6-7-17-20(24-16)27(15-9-12-26(17)13-15)21(30)25-19-5-3-4-11-23-19;22-14-4-8-19(23-11-14)25-21(29)27-15-9-10-26(12-15)17-6-5-16(24-20(17)27)18(28)7-3-13-1-2-13;1-2-3-6-17(26)15-8-9-16-19(22-15)25(14-10-12-24(16)13-14)20(27)23-18-7-4-5-11-21-18;20-9-3-4-16(26)14-6-7-15-18(22-14)25(13-8-11-24(15)12-13)19(27)23-17-5-1-2-10-21-17/h3-7,11,15,28H,8-10,12-14H2,1-2H3,(H,23,25,30);4-6,8,11,13,15H,1-3,7,9-10,12H2,(H,23,25,29);4-5,7-9,11,14H,2-3,6,10,12-13H2,1H3,(H,21,23,27);1-2,5-7,10,13H,3-4,8-9,11-12H2,(H,21,23,27)/t2*15-;14-;13-/m0000/s1. The van der Waals surface area contributed by atoms with Gasteiger partial charge < -0.3 is 24.7 Å². The van der Waals surface area contributed by atoms with Gasteiger partial charge in [0.1, 0.15) is 51.9 Å². The van der Waals surface area contributed by atoms with Crippen LogP contribution in [0.3, 0.4) is 0 Å². The highest BCUT2D eigenvalue weighted by atomic mass is 19.1. The predicted molar refractivity (Wildman–Crippen MR) is 426 cm³/mol. The molecule has 17 rings (SSSR count). The van der Waals surface area contributed by atoms with E-state index in [1.807, 2.05) is 50.2 Å². The van der Waals surface area contributed by atoms with Gasteiger partial charge in [0.2, 0.25) is 0 Å². The molecule has 1 aliphatic carbocycles. The van der Waals surface area contributed by atoms with E-state index in [2.05, 4.69) is 87.7 Å². The number of nitrogens with one attached hydrogen (secondary N) is 4. The van der Waals surface area contributed by atoms with Crippen molar-refractivity contribution in [2.45, 2.75) is 141 Å². The zero-order chi connectivity index (χ0) is 78.9. The maximum atomic E-state index is 13.1. The van der Waals surface area contributed by atoms with E-state index >= 15 is 0 Å². The third kappa shape index (κ3) is 18.0. The zero-order valence-corrected chi connectivity index (χ0v) is 63.5. The number of ketones is 4. The van der Waals surface area contributed by atoms with Gasteiger partial charge in [0.25, 0.3) is 0 Å². The first kappa shape index (κ1) is 77.7. The van der Waals surface area contributed by atoms with E-state index in [-0.39, 0.29) is 108 Å². The number of hydrogen-bond acceptors (Lipinski definition) is 21. The molecule has 16 heterocycles. The first-order valence-corrected chi connectivity index (χ1v) is 38.9. The van der Waals surface area contributed by atoms with Crippen LogP contribution in [0.4, 0.5) is 97.3 Å².